The number of benzene rings is 2. The quantitative estimate of drug-likeness (QED) is 0.743. The summed E-state index contributed by atoms with van der Waals surface area (Å²) in [4.78, 5) is 11.9. The number of ether oxygens (including phenoxy) is 3. The smallest absolute Gasteiger partial charge is 0.174 e. The molecule has 1 saturated heterocycles. The Bertz CT molecular complexity index is 942. The molecule has 1 N–H and O–H groups in total. The van der Waals surface area contributed by atoms with Gasteiger partial charge in [-0.05, 0) is 24.3 Å². The van der Waals surface area contributed by atoms with E-state index in [0.29, 0.717) is 24.8 Å². The molecule has 0 bridgehead atoms. The summed E-state index contributed by atoms with van der Waals surface area (Å²) in [5.41, 5.74) is 2.47. The molecule has 27 heavy (non-hydrogen) atoms. The Morgan fingerprint density at radius 2 is 1.70 bits per heavy atom. The molecule has 0 amide bonds. The molecule has 0 unspecified atom stereocenters. The third-order valence-electron chi connectivity index (χ3n) is 4.52. The average molecular weight is 366 g/mol. The first-order valence-corrected chi connectivity index (χ1v) is 8.87. The van der Waals surface area contributed by atoms with Gasteiger partial charge >= 0.3 is 0 Å². The van der Waals surface area contributed by atoms with Gasteiger partial charge in [-0.2, -0.15) is 0 Å². The van der Waals surface area contributed by atoms with E-state index in [0.717, 1.165) is 41.4 Å². The number of methoxy groups -OCH3 is 2. The second-order valence-electron chi connectivity index (χ2n) is 6.18. The van der Waals surface area contributed by atoms with E-state index in [4.69, 9.17) is 24.2 Å². The summed E-state index contributed by atoms with van der Waals surface area (Å²) in [6.07, 6.45) is 0. The van der Waals surface area contributed by atoms with E-state index < -0.39 is 0 Å². The number of hydrogen-bond donors (Lipinski definition) is 1. The highest BCUT2D eigenvalue weighted by molar-refractivity contribution is 5.83. The number of hydrogen-bond acceptors (Lipinski definition) is 7. The van der Waals surface area contributed by atoms with Crippen molar-refractivity contribution >= 4 is 28.4 Å². The van der Waals surface area contributed by atoms with Crippen LogP contribution in [0.4, 0.5) is 17.3 Å². The number of fused-ring (bicyclic) bond motifs is 1. The van der Waals surface area contributed by atoms with Crippen LogP contribution in [0.3, 0.4) is 0 Å². The van der Waals surface area contributed by atoms with E-state index in [9.17, 15) is 0 Å². The molecule has 0 spiro atoms. The molecule has 7 heteroatoms. The Kier molecular flexibility index (Phi) is 4.93. The average Bonchev–Trinajstić information content (AvgIpc) is 2.73. The molecule has 3 aromatic rings. The van der Waals surface area contributed by atoms with Gasteiger partial charge in [-0.3, -0.25) is 0 Å². The summed E-state index contributed by atoms with van der Waals surface area (Å²) in [7, 11) is 3.28. The summed E-state index contributed by atoms with van der Waals surface area (Å²) in [6.45, 7) is 2.90. The van der Waals surface area contributed by atoms with E-state index >= 15 is 0 Å². The fourth-order valence-electron chi connectivity index (χ4n) is 3.11. The molecule has 0 atom stereocenters. The predicted molar refractivity (Wildman–Crippen MR) is 105 cm³/mol. The van der Waals surface area contributed by atoms with Crippen LogP contribution < -0.4 is 19.7 Å². The standard InChI is InChI=1S/C20H22N4O3/c1-25-14-7-8-18(26-2)17(13-14)22-19-20(24-9-11-27-12-10-24)23-16-6-4-3-5-15(16)21-19/h3-8,13H,9-12H2,1-2H3,(H,21,22). The summed E-state index contributed by atoms with van der Waals surface area (Å²) in [5, 5.41) is 3.40. The normalized spacial score (nSPS) is 14.2. The van der Waals surface area contributed by atoms with E-state index in [2.05, 4.69) is 10.2 Å². The maximum atomic E-state index is 5.49. The molecule has 4 rings (SSSR count). The van der Waals surface area contributed by atoms with Crippen molar-refractivity contribution in [1.82, 2.24) is 9.97 Å². The molecule has 2 heterocycles. The molecule has 140 valence electrons. The van der Waals surface area contributed by atoms with Crippen molar-refractivity contribution < 1.29 is 14.2 Å². The van der Waals surface area contributed by atoms with E-state index in [1.165, 1.54) is 0 Å². The minimum Gasteiger partial charge on any atom is -0.497 e. The molecule has 0 aliphatic carbocycles. The van der Waals surface area contributed by atoms with Crippen molar-refractivity contribution in [2.75, 3.05) is 50.7 Å². The second kappa shape index (κ2) is 7.67. The summed E-state index contributed by atoms with van der Waals surface area (Å²) in [6, 6.07) is 13.5. The lowest BCUT2D eigenvalue weighted by Gasteiger charge is -2.29. The van der Waals surface area contributed by atoms with Crippen LogP contribution in [0, 0.1) is 0 Å². The minimum absolute atomic E-state index is 0.677. The zero-order chi connectivity index (χ0) is 18.6. The van der Waals surface area contributed by atoms with Gasteiger partial charge in [-0.25, -0.2) is 9.97 Å². The van der Waals surface area contributed by atoms with Gasteiger partial charge in [0.25, 0.3) is 0 Å². The molecule has 1 fully saturated rings. The summed E-state index contributed by atoms with van der Waals surface area (Å²) in [5.74, 6) is 2.93. The SMILES string of the molecule is COc1ccc(OC)c(Nc2nc3ccccc3nc2N2CCOCC2)c1. The zero-order valence-electron chi connectivity index (χ0n) is 15.4. The molecule has 0 saturated carbocycles. The third-order valence-corrected chi connectivity index (χ3v) is 4.52. The molecule has 1 aliphatic heterocycles. The van der Waals surface area contributed by atoms with Gasteiger partial charge in [-0.1, -0.05) is 12.1 Å². The van der Waals surface area contributed by atoms with Gasteiger partial charge in [0, 0.05) is 19.2 Å². The van der Waals surface area contributed by atoms with Crippen LogP contribution in [0.1, 0.15) is 0 Å². The Labute approximate surface area is 157 Å². The number of nitrogens with one attached hydrogen (secondary N) is 1. The summed E-state index contributed by atoms with van der Waals surface area (Å²) < 4.78 is 16.3. The van der Waals surface area contributed by atoms with Crippen LogP contribution in [0.25, 0.3) is 11.0 Å². The van der Waals surface area contributed by atoms with Gasteiger partial charge in [-0.15, -0.1) is 0 Å². The Morgan fingerprint density at radius 1 is 0.963 bits per heavy atom. The first kappa shape index (κ1) is 17.4. The highest BCUT2D eigenvalue weighted by Gasteiger charge is 2.20. The maximum absolute atomic E-state index is 5.49. The zero-order valence-corrected chi connectivity index (χ0v) is 15.4. The number of para-hydroxylation sites is 2. The van der Waals surface area contributed by atoms with Crippen LogP contribution in [0.5, 0.6) is 11.5 Å². The van der Waals surface area contributed by atoms with Crippen LogP contribution in [0.2, 0.25) is 0 Å². The minimum atomic E-state index is 0.677. The fraction of sp³-hybridized carbons (Fsp3) is 0.300. The largest absolute Gasteiger partial charge is 0.497 e. The van der Waals surface area contributed by atoms with E-state index in [1.807, 2.05) is 42.5 Å². The van der Waals surface area contributed by atoms with Crippen LogP contribution in [-0.4, -0.2) is 50.5 Å². The van der Waals surface area contributed by atoms with Crippen LogP contribution in [0.15, 0.2) is 42.5 Å². The highest BCUT2D eigenvalue weighted by atomic mass is 16.5. The Hall–Kier alpha value is -3.06. The molecular formula is C20H22N4O3. The number of morpholine rings is 1. The number of anilines is 3. The van der Waals surface area contributed by atoms with Crippen molar-refractivity contribution in [3.8, 4) is 11.5 Å². The van der Waals surface area contributed by atoms with Crippen molar-refractivity contribution in [3.05, 3.63) is 42.5 Å². The van der Waals surface area contributed by atoms with Crippen molar-refractivity contribution in [3.63, 3.8) is 0 Å². The topological polar surface area (TPSA) is 68.7 Å². The lowest BCUT2D eigenvalue weighted by atomic mass is 10.2. The first-order chi connectivity index (χ1) is 13.3. The second-order valence-corrected chi connectivity index (χ2v) is 6.18. The van der Waals surface area contributed by atoms with Gasteiger partial charge in [0.05, 0.1) is 44.2 Å². The Balaban J connectivity index is 1.80. The predicted octanol–water partition coefficient (Wildman–Crippen LogP) is 3.23. The summed E-state index contributed by atoms with van der Waals surface area (Å²) >= 11 is 0. The maximum Gasteiger partial charge on any atom is 0.174 e. The highest BCUT2D eigenvalue weighted by Crippen LogP contribution is 2.34. The molecule has 1 aromatic heterocycles. The van der Waals surface area contributed by atoms with Crippen molar-refractivity contribution in [2.45, 2.75) is 0 Å². The van der Waals surface area contributed by atoms with Crippen LogP contribution >= 0.6 is 0 Å². The van der Waals surface area contributed by atoms with Gasteiger partial charge < -0.3 is 24.4 Å². The molecule has 1 aliphatic rings. The van der Waals surface area contributed by atoms with Crippen molar-refractivity contribution in [2.24, 2.45) is 0 Å². The Morgan fingerprint density at radius 3 is 2.41 bits per heavy atom. The number of nitrogens with zero attached hydrogens (tertiary/aromatic N) is 3. The number of aromatic nitrogens is 2. The molecule has 7 nitrogen and oxygen atoms in total. The van der Waals surface area contributed by atoms with Crippen molar-refractivity contribution in [1.29, 1.82) is 0 Å². The van der Waals surface area contributed by atoms with Crippen LogP contribution in [-0.2, 0) is 4.74 Å². The monoisotopic (exact) mass is 366 g/mol. The third kappa shape index (κ3) is 3.59. The molecule has 2 aromatic carbocycles. The van der Waals surface area contributed by atoms with Gasteiger partial charge in [0.1, 0.15) is 11.5 Å². The number of rotatable bonds is 5. The first-order valence-electron chi connectivity index (χ1n) is 8.87. The van der Waals surface area contributed by atoms with Gasteiger partial charge in [0.15, 0.2) is 11.6 Å². The molecular weight excluding hydrogens is 344 g/mol. The van der Waals surface area contributed by atoms with E-state index in [-0.39, 0.29) is 0 Å². The molecule has 0 radical (unpaired) electrons. The van der Waals surface area contributed by atoms with Gasteiger partial charge in [0.2, 0.25) is 0 Å². The lowest BCUT2D eigenvalue weighted by Crippen LogP contribution is -2.37. The van der Waals surface area contributed by atoms with E-state index in [1.54, 1.807) is 14.2 Å². The lowest BCUT2D eigenvalue weighted by molar-refractivity contribution is 0.122. The fourth-order valence-corrected chi connectivity index (χ4v) is 3.11.